The number of amides is 1. The Labute approximate surface area is 133 Å². The second kappa shape index (κ2) is 7.64. The molecule has 116 valence electrons. The number of nitrogens with zero attached hydrogens (tertiary/aromatic N) is 1. The Hall–Kier alpha value is -2.29. The fourth-order valence-corrected chi connectivity index (χ4v) is 2.41. The van der Waals surface area contributed by atoms with E-state index < -0.39 is 0 Å². The van der Waals surface area contributed by atoms with Crippen molar-refractivity contribution in [3.8, 4) is 0 Å². The molecule has 0 aliphatic rings. The molecule has 1 amide bonds. The Morgan fingerprint density at radius 2 is 1.77 bits per heavy atom. The lowest BCUT2D eigenvalue weighted by Gasteiger charge is -2.23. The normalized spacial score (nSPS) is 10.3. The van der Waals surface area contributed by atoms with Crippen LogP contribution in [0.15, 0.2) is 48.5 Å². The quantitative estimate of drug-likeness (QED) is 0.884. The van der Waals surface area contributed by atoms with Gasteiger partial charge in [-0.05, 0) is 50.6 Å². The summed E-state index contributed by atoms with van der Waals surface area (Å²) in [5.74, 6) is -0.0136. The molecule has 0 radical (unpaired) electrons. The van der Waals surface area contributed by atoms with E-state index in [9.17, 15) is 4.79 Å². The number of carbonyl (C=O) groups excluding carboxylic acids is 1. The van der Waals surface area contributed by atoms with Crippen LogP contribution < -0.4 is 10.2 Å². The molecule has 1 N–H and O–H groups in total. The topological polar surface area (TPSA) is 32.3 Å². The first-order valence-corrected chi connectivity index (χ1v) is 7.76. The highest BCUT2D eigenvalue weighted by Crippen LogP contribution is 2.15. The lowest BCUT2D eigenvalue weighted by molar-refractivity contribution is 0.0954. The lowest BCUT2D eigenvalue weighted by atomic mass is 10.1. The number of likely N-dealkylation sites (N-methyl/N-ethyl adjacent to an activating group) is 1. The molecule has 2 aromatic rings. The van der Waals surface area contributed by atoms with Gasteiger partial charge < -0.3 is 10.2 Å². The van der Waals surface area contributed by atoms with E-state index in [-0.39, 0.29) is 5.91 Å². The average molecular weight is 296 g/mol. The maximum absolute atomic E-state index is 12.1. The molecular formula is C19H24N2O. The smallest absolute Gasteiger partial charge is 0.251 e. The van der Waals surface area contributed by atoms with E-state index in [0.717, 1.165) is 18.7 Å². The molecule has 0 heterocycles. The Kier molecular flexibility index (Phi) is 5.59. The second-order valence-corrected chi connectivity index (χ2v) is 5.54. The molecule has 2 rings (SSSR count). The number of aryl methyl sites for hydroxylation is 2. The van der Waals surface area contributed by atoms with Crippen molar-refractivity contribution in [3.05, 3.63) is 65.2 Å². The average Bonchev–Trinajstić information content (AvgIpc) is 2.52. The summed E-state index contributed by atoms with van der Waals surface area (Å²) in [6.45, 7) is 8.60. The molecule has 0 bridgehead atoms. The van der Waals surface area contributed by atoms with E-state index in [1.54, 1.807) is 0 Å². The van der Waals surface area contributed by atoms with E-state index in [4.69, 9.17) is 0 Å². The van der Waals surface area contributed by atoms with Gasteiger partial charge in [-0.2, -0.15) is 0 Å². The SMILES string of the molecule is CCN(CCNC(=O)c1ccc(C)cc1)c1cccc(C)c1. The van der Waals surface area contributed by atoms with Crippen LogP contribution in [0.5, 0.6) is 0 Å². The maximum atomic E-state index is 12.1. The summed E-state index contributed by atoms with van der Waals surface area (Å²) in [6.07, 6.45) is 0. The number of anilines is 1. The predicted octanol–water partition coefficient (Wildman–Crippen LogP) is 3.56. The Morgan fingerprint density at radius 1 is 1.05 bits per heavy atom. The third kappa shape index (κ3) is 4.35. The van der Waals surface area contributed by atoms with Gasteiger partial charge in [0, 0.05) is 30.9 Å². The first-order chi connectivity index (χ1) is 10.6. The number of hydrogen-bond donors (Lipinski definition) is 1. The van der Waals surface area contributed by atoms with Gasteiger partial charge in [0.1, 0.15) is 0 Å². The Bertz CT molecular complexity index is 620. The summed E-state index contributed by atoms with van der Waals surface area (Å²) >= 11 is 0. The summed E-state index contributed by atoms with van der Waals surface area (Å²) in [4.78, 5) is 14.4. The number of rotatable bonds is 6. The molecule has 0 fully saturated rings. The van der Waals surface area contributed by atoms with E-state index in [2.05, 4.69) is 48.3 Å². The number of carbonyl (C=O) groups is 1. The highest BCUT2D eigenvalue weighted by atomic mass is 16.1. The van der Waals surface area contributed by atoms with Crippen LogP contribution in [0, 0.1) is 13.8 Å². The van der Waals surface area contributed by atoms with Gasteiger partial charge in [-0.15, -0.1) is 0 Å². The molecule has 0 saturated carbocycles. The van der Waals surface area contributed by atoms with Gasteiger partial charge in [-0.1, -0.05) is 29.8 Å². The molecule has 0 aliphatic carbocycles. The summed E-state index contributed by atoms with van der Waals surface area (Å²) < 4.78 is 0. The van der Waals surface area contributed by atoms with Gasteiger partial charge in [0.2, 0.25) is 0 Å². The van der Waals surface area contributed by atoms with Crippen molar-refractivity contribution in [2.45, 2.75) is 20.8 Å². The van der Waals surface area contributed by atoms with Crippen molar-refractivity contribution < 1.29 is 4.79 Å². The summed E-state index contributed by atoms with van der Waals surface area (Å²) in [7, 11) is 0. The third-order valence-corrected chi connectivity index (χ3v) is 3.73. The zero-order valence-electron chi connectivity index (χ0n) is 13.6. The van der Waals surface area contributed by atoms with Gasteiger partial charge in [0.05, 0.1) is 0 Å². The molecule has 3 heteroatoms. The molecular weight excluding hydrogens is 272 g/mol. The highest BCUT2D eigenvalue weighted by molar-refractivity contribution is 5.94. The Morgan fingerprint density at radius 3 is 2.41 bits per heavy atom. The zero-order valence-corrected chi connectivity index (χ0v) is 13.6. The van der Waals surface area contributed by atoms with Crippen LogP contribution in [0.25, 0.3) is 0 Å². The Balaban J connectivity index is 1.88. The first kappa shape index (κ1) is 16.1. The van der Waals surface area contributed by atoms with Crippen LogP contribution in [0.2, 0.25) is 0 Å². The van der Waals surface area contributed by atoms with Crippen LogP contribution in [0.3, 0.4) is 0 Å². The van der Waals surface area contributed by atoms with Crippen molar-refractivity contribution in [1.29, 1.82) is 0 Å². The third-order valence-electron chi connectivity index (χ3n) is 3.73. The van der Waals surface area contributed by atoms with Crippen molar-refractivity contribution >= 4 is 11.6 Å². The second-order valence-electron chi connectivity index (χ2n) is 5.54. The van der Waals surface area contributed by atoms with Gasteiger partial charge >= 0.3 is 0 Å². The van der Waals surface area contributed by atoms with E-state index in [0.29, 0.717) is 12.1 Å². The van der Waals surface area contributed by atoms with Crippen LogP contribution in [-0.4, -0.2) is 25.5 Å². The molecule has 0 unspecified atom stereocenters. The van der Waals surface area contributed by atoms with Gasteiger partial charge in [-0.25, -0.2) is 0 Å². The summed E-state index contributed by atoms with van der Waals surface area (Å²) in [5.41, 5.74) is 4.32. The van der Waals surface area contributed by atoms with Gasteiger partial charge in [0.25, 0.3) is 5.91 Å². The molecule has 2 aromatic carbocycles. The molecule has 22 heavy (non-hydrogen) atoms. The molecule has 3 nitrogen and oxygen atoms in total. The molecule has 0 spiro atoms. The predicted molar refractivity (Wildman–Crippen MR) is 92.6 cm³/mol. The minimum atomic E-state index is -0.0136. The van der Waals surface area contributed by atoms with Gasteiger partial charge in [-0.3, -0.25) is 4.79 Å². The van der Waals surface area contributed by atoms with Crippen molar-refractivity contribution in [3.63, 3.8) is 0 Å². The fraction of sp³-hybridized carbons (Fsp3) is 0.316. The molecule has 0 atom stereocenters. The van der Waals surface area contributed by atoms with Gasteiger partial charge in [0.15, 0.2) is 0 Å². The number of nitrogens with one attached hydrogen (secondary N) is 1. The minimum absolute atomic E-state index is 0.0136. The molecule has 0 saturated heterocycles. The molecule has 0 aliphatic heterocycles. The van der Waals surface area contributed by atoms with Crippen LogP contribution in [-0.2, 0) is 0 Å². The van der Waals surface area contributed by atoms with Crippen LogP contribution >= 0.6 is 0 Å². The largest absolute Gasteiger partial charge is 0.370 e. The van der Waals surface area contributed by atoms with Crippen LogP contribution in [0.4, 0.5) is 5.69 Å². The van der Waals surface area contributed by atoms with Crippen molar-refractivity contribution in [2.75, 3.05) is 24.5 Å². The van der Waals surface area contributed by atoms with E-state index in [1.807, 2.05) is 31.2 Å². The van der Waals surface area contributed by atoms with Crippen LogP contribution in [0.1, 0.15) is 28.4 Å². The summed E-state index contributed by atoms with van der Waals surface area (Å²) in [6, 6.07) is 16.1. The number of hydrogen-bond acceptors (Lipinski definition) is 2. The monoisotopic (exact) mass is 296 g/mol. The minimum Gasteiger partial charge on any atom is -0.370 e. The summed E-state index contributed by atoms with van der Waals surface area (Å²) in [5, 5.41) is 2.99. The molecule has 0 aromatic heterocycles. The first-order valence-electron chi connectivity index (χ1n) is 7.76. The lowest BCUT2D eigenvalue weighted by Crippen LogP contribution is -2.35. The van der Waals surface area contributed by atoms with Crippen molar-refractivity contribution in [1.82, 2.24) is 5.32 Å². The van der Waals surface area contributed by atoms with Crippen molar-refractivity contribution in [2.24, 2.45) is 0 Å². The maximum Gasteiger partial charge on any atom is 0.251 e. The van der Waals surface area contributed by atoms with E-state index >= 15 is 0 Å². The fourth-order valence-electron chi connectivity index (χ4n) is 2.41. The zero-order chi connectivity index (χ0) is 15.9. The number of benzene rings is 2. The van der Waals surface area contributed by atoms with E-state index in [1.165, 1.54) is 11.3 Å². The standard InChI is InChI=1S/C19H24N2O/c1-4-21(18-7-5-6-16(3)14-18)13-12-20-19(22)17-10-8-15(2)9-11-17/h5-11,14H,4,12-13H2,1-3H3,(H,20,22). The highest BCUT2D eigenvalue weighted by Gasteiger charge is 2.07.